The van der Waals surface area contributed by atoms with E-state index in [1.165, 1.54) is 12.1 Å². The van der Waals surface area contributed by atoms with E-state index in [2.05, 4.69) is 4.72 Å². The van der Waals surface area contributed by atoms with Gasteiger partial charge < -0.3 is 18.9 Å². The molecule has 1 heterocycles. The molecule has 7 nitrogen and oxygen atoms in total. The Labute approximate surface area is 187 Å². The summed E-state index contributed by atoms with van der Waals surface area (Å²) in [6.07, 6.45) is 0.458. The van der Waals surface area contributed by atoms with Gasteiger partial charge in [0.25, 0.3) is 0 Å². The number of benzene rings is 3. The number of hydrogen-bond acceptors (Lipinski definition) is 6. The Bertz CT molecular complexity index is 1160. The van der Waals surface area contributed by atoms with Crippen LogP contribution < -0.4 is 23.7 Å². The van der Waals surface area contributed by atoms with E-state index in [0.29, 0.717) is 36.9 Å². The Morgan fingerprint density at radius 3 is 2.06 bits per heavy atom. The number of nitrogens with one attached hydrogen (secondary N) is 1. The van der Waals surface area contributed by atoms with E-state index >= 15 is 0 Å². The van der Waals surface area contributed by atoms with Crippen LogP contribution in [0.15, 0.2) is 71.6 Å². The zero-order chi connectivity index (χ0) is 22.6. The van der Waals surface area contributed by atoms with Gasteiger partial charge in [0.1, 0.15) is 24.7 Å². The average molecular weight is 456 g/mol. The van der Waals surface area contributed by atoms with Crippen molar-refractivity contribution in [2.75, 3.05) is 27.4 Å². The van der Waals surface area contributed by atoms with Gasteiger partial charge in [-0.25, -0.2) is 13.1 Å². The number of fused-ring (bicyclic) bond motifs is 1. The highest BCUT2D eigenvalue weighted by Gasteiger charge is 2.24. The standard InChI is InChI=1S/C24H25NO6S/c1-28-19-7-3-17(4-8-19)15-22(18-5-9-20(29-2)10-6-18)25-32(26,27)21-11-12-23-24(16-21)31-14-13-30-23/h3-12,16,22,25H,13-15H2,1-2H3. The maximum Gasteiger partial charge on any atom is 0.241 e. The van der Waals surface area contributed by atoms with Crippen molar-refractivity contribution in [2.24, 2.45) is 0 Å². The van der Waals surface area contributed by atoms with E-state index in [0.717, 1.165) is 16.9 Å². The average Bonchev–Trinajstić information content (AvgIpc) is 2.83. The van der Waals surface area contributed by atoms with Gasteiger partial charge in [-0.15, -0.1) is 0 Å². The molecule has 0 spiro atoms. The third-order valence-electron chi connectivity index (χ3n) is 5.24. The molecular weight excluding hydrogens is 430 g/mol. The van der Waals surface area contributed by atoms with Crippen molar-refractivity contribution in [1.82, 2.24) is 4.72 Å². The Morgan fingerprint density at radius 1 is 0.844 bits per heavy atom. The largest absolute Gasteiger partial charge is 0.497 e. The molecule has 1 N–H and O–H groups in total. The molecule has 8 heteroatoms. The molecule has 0 aliphatic carbocycles. The summed E-state index contributed by atoms with van der Waals surface area (Å²) in [6, 6.07) is 19.1. The van der Waals surface area contributed by atoms with Crippen molar-refractivity contribution in [1.29, 1.82) is 0 Å². The lowest BCUT2D eigenvalue weighted by atomic mass is 9.99. The van der Waals surface area contributed by atoms with Gasteiger partial charge in [0, 0.05) is 6.07 Å². The van der Waals surface area contributed by atoms with Crippen LogP contribution in [0, 0.1) is 0 Å². The maximum atomic E-state index is 13.3. The van der Waals surface area contributed by atoms with Crippen LogP contribution in [0.3, 0.4) is 0 Å². The monoisotopic (exact) mass is 455 g/mol. The van der Waals surface area contributed by atoms with E-state index in [1.54, 1.807) is 20.3 Å². The molecule has 1 aliphatic rings. The second-order valence-electron chi connectivity index (χ2n) is 7.30. The summed E-state index contributed by atoms with van der Waals surface area (Å²) in [4.78, 5) is 0.120. The molecule has 0 bridgehead atoms. The molecule has 3 aromatic carbocycles. The molecule has 0 aromatic heterocycles. The first-order valence-corrected chi connectivity index (χ1v) is 11.7. The van der Waals surface area contributed by atoms with E-state index in [4.69, 9.17) is 18.9 Å². The first kappa shape index (κ1) is 22.0. The van der Waals surface area contributed by atoms with Gasteiger partial charge in [-0.05, 0) is 53.9 Å². The molecule has 1 unspecified atom stereocenters. The van der Waals surface area contributed by atoms with Gasteiger partial charge in [-0.2, -0.15) is 0 Å². The molecule has 168 valence electrons. The lowest BCUT2D eigenvalue weighted by Gasteiger charge is -2.22. The Balaban J connectivity index is 1.63. The first-order valence-electron chi connectivity index (χ1n) is 10.2. The van der Waals surface area contributed by atoms with E-state index in [-0.39, 0.29) is 4.90 Å². The number of hydrogen-bond donors (Lipinski definition) is 1. The summed E-state index contributed by atoms with van der Waals surface area (Å²) >= 11 is 0. The van der Waals surface area contributed by atoms with Gasteiger partial charge >= 0.3 is 0 Å². The topological polar surface area (TPSA) is 83.1 Å². The van der Waals surface area contributed by atoms with Gasteiger partial charge in [0.15, 0.2) is 11.5 Å². The summed E-state index contributed by atoms with van der Waals surface area (Å²) in [6.45, 7) is 0.828. The molecule has 0 saturated heterocycles. The van der Waals surface area contributed by atoms with Crippen molar-refractivity contribution in [3.8, 4) is 23.0 Å². The zero-order valence-electron chi connectivity index (χ0n) is 17.9. The van der Waals surface area contributed by atoms with E-state index in [9.17, 15) is 8.42 Å². The highest BCUT2D eigenvalue weighted by atomic mass is 32.2. The minimum absolute atomic E-state index is 0.120. The predicted octanol–water partition coefficient (Wildman–Crippen LogP) is 3.74. The van der Waals surface area contributed by atoms with E-state index in [1.807, 2.05) is 48.5 Å². The van der Waals surface area contributed by atoms with Crippen LogP contribution in [0.2, 0.25) is 0 Å². The van der Waals surface area contributed by atoms with Crippen molar-refractivity contribution >= 4 is 10.0 Å². The Morgan fingerprint density at radius 2 is 1.44 bits per heavy atom. The fourth-order valence-corrected chi connectivity index (χ4v) is 4.75. The molecular formula is C24H25NO6S. The van der Waals surface area contributed by atoms with Gasteiger partial charge in [0.05, 0.1) is 25.2 Å². The van der Waals surface area contributed by atoms with Gasteiger partial charge in [0.2, 0.25) is 10.0 Å². The minimum atomic E-state index is -3.83. The van der Waals surface area contributed by atoms with Crippen molar-refractivity contribution in [3.05, 3.63) is 77.9 Å². The van der Waals surface area contributed by atoms with Crippen molar-refractivity contribution in [2.45, 2.75) is 17.4 Å². The van der Waals surface area contributed by atoms with Crippen LogP contribution in [-0.2, 0) is 16.4 Å². The zero-order valence-corrected chi connectivity index (χ0v) is 18.7. The summed E-state index contributed by atoms with van der Waals surface area (Å²) < 4.78 is 50.9. The quantitative estimate of drug-likeness (QED) is 0.557. The summed E-state index contributed by atoms with van der Waals surface area (Å²) in [5.74, 6) is 2.41. The fourth-order valence-electron chi connectivity index (χ4n) is 3.51. The molecule has 0 saturated carbocycles. The summed E-state index contributed by atoms with van der Waals surface area (Å²) in [5.41, 5.74) is 1.79. The van der Waals surface area contributed by atoms with Crippen LogP contribution in [0.5, 0.6) is 23.0 Å². The normalized spacial score (nSPS) is 13.9. The number of rotatable bonds is 8. The maximum absolute atomic E-state index is 13.3. The van der Waals surface area contributed by atoms with E-state index < -0.39 is 16.1 Å². The highest BCUT2D eigenvalue weighted by molar-refractivity contribution is 7.89. The molecule has 0 fully saturated rings. The van der Waals surface area contributed by atoms with Crippen molar-refractivity contribution in [3.63, 3.8) is 0 Å². The second-order valence-corrected chi connectivity index (χ2v) is 9.02. The lowest BCUT2D eigenvalue weighted by Crippen LogP contribution is -2.30. The SMILES string of the molecule is COc1ccc(CC(NS(=O)(=O)c2ccc3c(c2)OCCO3)c2ccc(OC)cc2)cc1. The third kappa shape index (κ3) is 4.98. The van der Waals surface area contributed by atoms with Crippen LogP contribution in [0.4, 0.5) is 0 Å². The molecule has 4 rings (SSSR count). The molecule has 1 aliphatic heterocycles. The molecule has 0 radical (unpaired) electrons. The molecule has 0 amide bonds. The Hall–Kier alpha value is -3.23. The third-order valence-corrected chi connectivity index (χ3v) is 6.71. The fraction of sp³-hybridized carbons (Fsp3) is 0.250. The predicted molar refractivity (Wildman–Crippen MR) is 120 cm³/mol. The highest BCUT2D eigenvalue weighted by Crippen LogP contribution is 2.33. The number of ether oxygens (including phenoxy) is 4. The minimum Gasteiger partial charge on any atom is -0.497 e. The second kappa shape index (κ2) is 9.50. The number of sulfonamides is 1. The van der Waals surface area contributed by atoms with Crippen molar-refractivity contribution < 1.29 is 27.4 Å². The van der Waals surface area contributed by atoms with Gasteiger partial charge in [-0.3, -0.25) is 0 Å². The summed E-state index contributed by atoms with van der Waals surface area (Å²) in [5, 5.41) is 0. The smallest absolute Gasteiger partial charge is 0.241 e. The first-order chi connectivity index (χ1) is 15.5. The van der Waals surface area contributed by atoms with Crippen LogP contribution in [-0.4, -0.2) is 35.9 Å². The molecule has 32 heavy (non-hydrogen) atoms. The number of methoxy groups -OCH3 is 2. The molecule has 3 aromatic rings. The van der Waals surface area contributed by atoms with Crippen LogP contribution in [0.1, 0.15) is 17.2 Å². The lowest BCUT2D eigenvalue weighted by molar-refractivity contribution is 0.171. The van der Waals surface area contributed by atoms with Crippen LogP contribution >= 0.6 is 0 Å². The summed E-state index contributed by atoms with van der Waals surface area (Å²) in [7, 11) is -0.632. The van der Waals surface area contributed by atoms with Crippen LogP contribution in [0.25, 0.3) is 0 Å². The molecule has 1 atom stereocenters. The Kier molecular flexibility index (Phi) is 6.53. The van der Waals surface area contributed by atoms with Gasteiger partial charge in [-0.1, -0.05) is 24.3 Å².